The maximum absolute atomic E-state index is 13.5. The number of aromatic nitrogens is 1. The molecule has 0 fully saturated rings. The minimum Gasteiger partial charge on any atom is -0.302 e. The Morgan fingerprint density at radius 1 is 1.26 bits per heavy atom. The normalized spacial score (nSPS) is 12.9. The van der Waals surface area contributed by atoms with Crippen LogP contribution in [-0.2, 0) is 0 Å². The van der Waals surface area contributed by atoms with Gasteiger partial charge in [0.1, 0.15) is 10.8 Å². The monoisotopic (exact) mass is 278 g/mol. The van der Waals surface area contributed by atoms with Crippen molar-refractivity contribution in [3.8, 4) is 0 Å². The third-order valence-electron chi connectivity index (χ3n) is 2.94. The van der Waals surface area contributed by atoms with Crippen molar-refractivity contribution in [2.45, 2.75) is 39.8 Å². The van der Waals surface area contributed by atoms with Crippen LogP contribution in [0.25, 0.3) is 0 Å². The Labute approximate surface area is 117 Å². The Kier molecular flexibility index (Phi) is 4.32. The molecule has 0 radical (unpaired) electrons. The van der Waals surface area contributed by atoms with Crippen molar-refractivity contribution in [1.29, 1.82) is 0 Å². The minimum atomic E-state index is -0.204. The molecule has 0 amide bonds. The largest absolute Gasteiger partial charge is 0.302 e. The van der Waals surface area contributed by atoms with Gasteiger partial charge in [-0.3, -0.25) is 0 Å². The van der Waals surface area contributed by atoms with Gasteiger partial charge in [0.05, 0.1) is 6.04 Å². The molecule has 19 heavy (non-hydrogen) atoms. The predicted molar refractivity (Wildman–Crippen MR) is 78.1 cm³/mol. The van der Waals surface area contributed by atoms with E-state index >= 15 is 0 Å². The van der Waals surface area contributed by atoms with E-state index in [9.17, 15) is 4.39 Å². The molecule has 2 aromatic rings. The highest BCUT2D eigenvalue weighted by Gasteiger charge is 2.20. The first-order valence-corrected chi connectivity index (χ1v) is 7.29. The highest BCUT2D eigenvalue weighted by Crippen LogP contribution is 2.28. The van der Waals surface area contributed by atoms with Gasteiger partial charge in [-0.05, 0) is 51.0 Å². The van der Waals surface area contributed by atoms with Crippen LogP contribution in [0.2, 0.25) is 0 Å². The van der Waals surface area contributed by atoms with Gasteiger partial charge in [-0.2, -0.15) is 0 Å². The molecule has 2 rings (SSSR count). The van der Waals surface area contributed by atoms with Crippen LogP contribution in [0.15, 0.2) is 23.6 Å². The number of hydrogen-bond donors (Lipinski definition) is 1. The zero-order chi connectivity index (χ0) is 14.0. The molecular weight excluding hydrogens is 259 g/mol. The molecule has 0 spiro atoms. The summed E-state index contributed by atoms with van der Waals surface area (Å²) in [5.41, 5.74) is 3.04. The van der Waals surface area contributed by atoms with E-state index < -0.39 is 0 Å². The molecule has 1 atom stereocenters. The van der Waals surface area contributed by atoms with Crippen LogP contribution in [0.1, 0.15) is 41.7 Å². The van der Waals surface area contributed by atoms with E-state index in [-0.39, 0.29) is 11.9 Å². The van der Waals surface area contributed by atoms with E-state index in [1.807, 2.05) is 25.3 Å². The number of rotatable bonds is 4. The van der Waals surface area contributed by atoms with Crippen molar-refractivity contribution in [1.82, 2.24) is 10.3 Å². The Balaban J connectivity index is 2.45. The smallest absolute Gasteiger partial charge is 0.123 e. The van der Waals surface area contributed by atoms with Gasteiger partial charge < -0.3 is 5.32 Å². The van der Waals surface area contributed by atoms with Gasteiger partial charge in [0.25, 0.3) is 0 Å². The predicted octanol–water partition coefficient (Wildman–Crippen LogP) is 3.99. The maximum Gasteiger partial charge on any atom is 0.123 e. The van der Waals surface area contributed by atoms with Crippen molar-refractivity contribution >= 4 is 11.3 Å². The molecule has 1 aromatic heterocycles. The molecule has 1 unspecified atom stereocenters. The van der Waals surface area contributed by atoms with Crippen LogP contribution in [0.5, 0.6) is 0 Å². The lowest BCUT2D eigenvalue weighted by atomic mass is 10.0. The molecule has 0 aliphatic carbocycles. The summed E-state index contributed by atoms with van der Waals surface area (Å²) in [4.78, 5) is 4.54. The van der Waals surface area contributed by atoms with Gasteiger partial charge in [0.15, 0.2) is 0 Å². The highest BCUT2D eigenvalue weighted by atomic mass is 32.1. The van der Waals surface area contributed by atoms with Gasteiger partial charge in [-0.25, -0.2) is 9.37 Å². The topological polar surface area (TPSA) is 24.9 Å². The van der Waals surface area contributed by atoms with Gasteiger partial charge in [-0.15, -0.1) is 11.3 Å². The summed E-state index contributed by atoms with van der Waals surface area (Å²) in [5.74, 6) is -0.204. The third kappa shape index (κ3) is 3.39. The van der Waals surface area contributed by atoms with Crippen molar-refractivity contribution in [3.05, 3.63) is 51.2 Å². The highest BCUT2D eigenvalue weighted by molar-refractivity contribution is 7.09. The second kappa shape index (κ2) is 5.80. The van der Waals surface area contributed by atoms with E-state index in [4.69, 9.17) is 0 Å². The average Bonchev–Trinajstić information content (AvgIpc) is 2.76. The average molecular weight is 278 g/mol. The summed E-state index contributed by atoms with van der Waals surface area (Å²) in [6, 6.07) is 5.18. The van der Waals surface area contributed by atoms with Gasteiger partial charge in [0.2, 0.25) is 0 Å². The minimum absolute atomic E-state index is 0.0469. The third-order valence-corrected chi connectivity index (χ3v) is 3.96. The molecule has 2 nitrogen and oxygen atoms in total. The van der Waals surface area contributed by atoms with Crippen LogP contribution < -0.4 is 5.32 Å². The molecule has 0 bridgehead atoms. The SMILES string of the molecule is Cc1csc(C(NC(C)C)c2cc(F)ccc2C)n1. The second-order valence-corrected chi connectivity index (χ2v) is 5.97. The standard InChI is InChI=1S/C15H19FN2S/c1-9(2)17-14(15-18-11(4)8-19-15)13-7-12(16)6-5-10(13)3/h5-9,14,17H,1-4H3. The van der Waals surface area contributed by atoms with E-state index in [0.717, 1.165) is 21.8 Å². The molecule has 4 heteroatoms. The Hall–Kier alpha value is -1.26. The fourth-order valence-corrected chi connectivity index (χ4v) is 2.93. The fraction of sp³-hybridized carbons (Fsp3) is 0.400. The molecule has 0 aliphatic rings. The molecule has 102 valence electrons. The first-order chi connectivity index (χ1) is 8.97. The number of benzene rings is 1. The van der Waals surface area contributed by atoms with Crippen molar-refractivity contribution in [2.24, 2.45) is 0 Å². The van der Waals surface area contributed by atoms with Gasteiger partial charge >= 0.3 is 0 Å². The summed E-state index contributed by atoms with van der Waals surface area (Å²) in [6.07, 6.45) is 0. The lowest BCUT2D eigenvalue weighted by Gasteiger charge is -2.21. The summed E-state index contributed by atoms with van der Waals surface area (Å²) >= 11 is 1.61. The number of thiazole rings is 1. The Morgan fingerprint density at radius 3 is 2.58 bits per heavy atom. The summed E-state index contributed by atoms with van der Waals surface area (Å²) < 4.78 is 13.5. The molecule has 1 aromatic carbocycles. The first kappa shape index (κ1) is 14.2. The summed E-state index contributed by atoms with van der Waals surface area (Å²) in [6.45, 7) is 8.15. The lowest BCUT2D eigenvalue weighted by molar-refractivity contribution is 0.521. The first-order valence-electron chi connectivity index (χ1n) is 6.41. The van der Waals surface area contributed by atoms with E-state index in [2.05, 4.69) is 24.1 Å². The van der Waals surface area contributed by atoms with Gasteiger partial charge in [-0.1, -0.05) is 6.07 Å². The molecule has 0 saturated carbocycles. The number of nitrogens with zero attached hydrogens (tertiary/aromatic N) is 1. The molecule has 0 aliphatic heterocycles. The van der Waals surface area contributed by atoms with E-state index in [1.54, 1.807) is 17.4 Å². The zero-order valence-corrected chi connectivity index (χ0v) is 12.5. The Morgan fingerprint density at radius 2 is 2.00 bits per heavy atom. The van der Waals surface area contributed by atoms with Crippen LogP contribution in [0.3, 0.4) is 0 Å². The van der Waals surface area contributed by atoms with Crippen LogP contribution in [0, 0.1) is 19.7 Å². The van der Waals surface area contributed by atoms with Crippen molar-refractivity contribution < 1.29 is 4.39 Å². The molecule has 1 heterocycles. The summed E-state index contributed by atoms with van der Waals surface area (Å²) in [5, 5.41) is 6.49. The number of hydrogen-bond acceptors (Lipinski definition) is 3. The number of halogens is 1. The number of nitrogens with one attached hydrogen (secondary N) is 1. The quantitative estimate of drug-likeness (QED) is 0.915. The summed E-state index contributed by atoms with van der Waals surface area (Å²) in [7, 11) is 0. The van der Waals surface area contributed by atoms with Crippen molar-refractivity contribution in [2.75, 3.05) is 0 Å². The number of aryl methyl sites for hydroxylation is 2. The molecular formula is C15H19FN2S. The molecule has 0 saturated heterocycles. The van der Waals surface area contributed by atoms with Crippen LogP contribution in [0.4, 0.5) is 4.39 Å². The Bertz CT molecular complexity index is 563. The second-order valence-electron chi connectivity index (χ2n) is 5.08. The zero-order valence-electron chi connectivity index (χ0n) is 11.7. The van der Waals surface area contributed by atoms with E-state index in [0.29, 0.717) is 6.04 Å². The van der Waals surface area contributed by atoms with E-state index in [1.165, 1.54) is 6.07 Å². The van der Waals surface area contributed by atoms with Crippen LogP contribution in [-0.4, -0.2) is 11.0 Å². The maximum atomic E-state index is 13.5. The lowest BCUT2D eigenvalue weighted by Crippen LogP contribution is -2.29. The fourth-order valence-electron chi connectivity index (χ4n) is 2.05. The molecule has 1 N–H and O–H groups in total. The van der Waals surface area contributed by atoms with Crippen molar-refractivity contribution in [3.63, 3.8) is 0 Å². The van der Waals surface area contributed by atoms with Crippen LogP contribution >= 0.6 is 11.3 Å². The van der Waals surface area contributed by atoms with Gasteiger partial charge in [0, 0.05) is 17.1 Å².